The van der Waals surface area contributed by atoms with Crippen LogP contribution in [0, 0.1) is 0 Å². The second-order valence-electron chi connectivity index (χ2n) is 3.54. The Kier molecular flexibility index (Phi) is 3.62. The summed E-state index contributed by atoms with van der Waals surface area (Å²) in [4.78, 5) is 0. The van der Waals surface area contributed by atoms with Crippen LogP contribution in [0.1, 0.15) is 41.5 Å². The van der Waals surface area contributed by atoms with Crippen molar-refractivity contribution >= 4 is 5.71 Å². The lowest BCUT2D eigenvalue weighted by Gasteiger charge is -2.12. The Bertz CT molecular complexity index is 118. The topological polar surface area (TPSA) is 3.01 Å². The summed E-state index contributed by atoms with van der Waals surface area (Å²) in [6.45, 7) is 13.2. The average molecular weight is 142 g/mol. The molecule has 0 aliphatic rings. The molecule has 0 unspecified atom stereocenters. The lowest BCUT2D eigenvalue weighted by Crippen LogP contribution is -2.31. The van der Waals surface area contributed by atoms with Crippen LogP contribution in [0.15, 0.2) is 0 Å². The normalized spacial score (nSPS) is 10.8. The maximum absolute atomic E-state index is 2.42. The zero-order valence-corrected chi connectivity index (χ0v) is 8.10. The van der Waals surface area contributed by atoms with E-state index in [1.165, 1.54) is 5.71 Å². The molecule has 1 heteroatoms. The summed E-state index contributed by atoms with van der Waals surface area (Å²) in [5.41, 5.74) is 1.41. The summed E-state index contributed by atoms with van der Waals surface area (Å²) in [6.07, 6.45) is 0. The molecule has 0 spiro atoms. The number of nitrogens with zero attached hydrogens (tertiary/aromatic N) is 1. The van der Waals surface area contributed by atoms with Gasteiger partial charge in [-0.05, 0) is 27.7 Å². The molecule has 0 aromatic rings. The predicted molar refractivity (Wildman–Crippen MR) is 46.9 cm³/mol. The van der Waals surface area contributed by atoms with E-state index in [1.54, 1.807) is 0 Å². The first-order chi connectivity index (χ1) is 4.46. The van der Waals surface area contributed by atoms with E-state index in [4.69, 9.17) is 0 Å². The van der Waals surface area contributed by atoms with E-state index in [0.717, 1.165) is 0 Å². The molecule has 0 atom stereocenters. The molecule has 10 heavy (non-hydrogen) atoms. The van der Waals surface area contributed by atoms with Gasteiger partial charge >= 0.3 is 0 Å². The van der Waals surface area contributed by atoms with Crippen LogP contribution >= 0.6 is 0 Å². The average Bonchev–Trinajstić information content (AvgIpc) is 1.59. The molecule has 0 aliphatic carbocycles. The molecule has 0 saturated carbocycles. The van der Waals surface area contributed by atoms with Gasteiger partial charge in [-0.25, -0.2) is 4.58 Å². The van der Waals surface area contributed by atoms with Crippen molar-refractivity contribution in [3.05, 3.63) is 0 Å². The Morgan fingerprint density at radius 2 is 1.20 bits per heavy atom. The van der Waals surface area contributed by atoms with Gasteiger partial charge < -0.3 is 0 Å². The molecule has 0 saturated heterocycles. The molecule has 0 N–H and O–H groups in total. The molecular weight excluding hydrogens is 122 g/mol. The van der Waals surface area contributed by atoms with Crippen LogP contribution in [0.25, 0.3) is 0 Å². The van der Waals surface area contributed by atoms with Crippen molar-refractivity contribution in [1.29, 1.82) is 0 Å². The Balaban J connectivity index is 4.44. The van der Waals surface area contributed by atoms with E-state index in [2.05, 4.69) is 46.1 Å². The maximum Gasteiger partial charge on any atom is 0.147 e. The molecule has 0 aromatic carbocycles. The van der Waals surface area contributed by atoms with Crippen molar-refractivity contribution < 1.29 is 4.58 Å². The van der Waals surface area contributed by atoms with Gasteiger partial charge in [0, 0.05) is 13.8 Å². The fourth-order valence-electron chi connectivity index (χ4n) is 1.63. The molecular formula is C9H20N+. The summed E-state index contributed by atoms with van der Waals surface area (Å²) >= 11 is 0. The van der Waals surface area contributed by atoms with Crippen molar-refractivity contribution in [1.82, 2.24) is 0 Å². The smallest absolute Gasteiger partial charge is 0.147 e. The van der Waals surface area contributed by atoms with Crippen molar-refractivity contribution in [3.8, 4) is 0 Å². The fraction of sp³-hybridized carbons (Fsp3) is 0.889. The van der Waals surface area contributed by atoms with Gasteiger partial charge in [-0.2, -0.15) is 0 Å². The second kappa shape index (κ2) is 3.75. The molecule has 0 amide bonds. The molecule has 0 rings (SSSR count). The highest BCUT2D eigenvalue weighted by atomic mass is 15.1. The van der Waals surface area contributed by atoms with Gasteiger partial charge in [-0.15, -0.1) is 0 Å². The minimum atomic E-state index is 0.630. The lowest BCUT2D eigenvalue weighted by atomic mass is 10.2. The predicted octanol–water partition coefficient (Wildman–Crippen LogP) is 2.30. The highest BCUT2D eigenvalue weighted by Crippen LogP contribution is 1.97. The van der Waals surface area contributed by atoms with Gasteiger partial charge in [-0.3, -0.25) is 0 Å². The van der Waals surface area contributed by atoms with Gasteiger partial charge in [0.05, 0.1) is 0 Å². The summed E-state index contributed by atoms with van der Waals surface area (Å²) < 4.78 is 2.42. The molecule has 0 fully saturated rings. The first kappa shape index (κ1) is 9.67. The molecule has 0 aliphatic heterocycles. The quantitative estimate of drug-likeness (QED) is 0.411. The standard InChI is InChI=1S/C9H20N/c1-7(2)10(8(3)4)9(5)6/h7-8H,1-6H3/q+1. The van der Waals surface area contributed by atoms with Gasteiger partial charge in [0.15, 0.2) is 0 Å². The minimum absolute atomic E-state index is 0.630. The van der Waals surface area contributed by atoms with Crippen LogP contribution < -0.4 is 0 Å². The van der Waals surface area contributed by atoms with E-state index in [-0.39, 0.29) is 0 Å². The van der Waals surface area contributed by atoms with Crippen LogP contribution in [0.4, 0.5) is 0 Å². The third-order valence-electron chi connectivity index (χ3n) is 1.63. The molecule has 1 nitrogen and oxygen atoms in total. The van der Waals surface area contributed by atoms with Crippen molar-refractivity contribution in [2.45, 2.75) is 53.6 Å². The van der Waals surface area contributed by atoms with Crippen molar-refractivity contribution in [2.75, 3.05) is 0 Å². The van der Waals surface area contributed by atoms with E-state index >= 15 is 0 Å². The summed E-state index contributed by atoms with van der Waals surface area (Å²) in [5, 5.41) is 0. The Labute approximate surface area is 64.8 Å². The molecule has 0 aromatic heterocycles. The maximum atomic E-state index is 2.42. The van der Waals surface area contributed by atoms with Crippen molar-refractivity contribution in [3.63, 3.8) is 0 Å². The highest BCUT2D eigenvalue weighted by Gasteiger charge is 2.14. The Morgan fingerprint density at radius 1 is 0.900 bits per heavy atom. The first-order valence-electron chi connectivity index (χ1n) is 4.05. The van der Waals surface area contributed by atoms with Crippen LogP contribution in [0.3, 0.4) is 0 Å². The van der Waals surface area contributed by atoms with Crippen LogP contribution in [-0.4, -0.2) is 22.4 Å². The summed E-state index contributed by atoms with van der Waals surface area (Å²) in [6, 6.07) is 1.26. The zero-order valence-electron chi connectivity index (χ0n) is 8.10. The third kappa shape index (κ3) is 2.51. The second-order valence-corrected chi connectivity index (χ2v) is 3.54. The monoisotopic (exact) mass is 142 g/mol. The highest BCUT2D eigenvalue weighted by molar-refractivity contribution is 5.73. The van der Waals surface area contributed by atoms with E-state index in [9.17, 15) is 0 Å². The van der Waals surface area contributed by atoms with E-state index < -0.39 is 0 Å². The molecule has 0 bridgehead atoms. The molecule has 0 heterocycles. The van der Waals surface area contributed by atoms with Gasteiger partial charge in [0.1, 0.15) is 17.8 Å². The molecule has 0 radical (unpaired) electrons. The van der Waals surface area contributed by atoms with E-state index in [0.29, 0.717) is 12.1 Å². The van der Waals surface area contributed by atoms with Crippen molar-refractivity contribution in [2.24, 2.45) is 0 Å². The Morgan fingerprint density at radius 3 is 1.20 bits per heavy atom. The lowest BCUT2D eigenvalue weighted by molar-refractivity contribution is -0.588. The zero-order chi connectivity index (χ0) is 8.31. The summed E-state index contributed by atoms with van der Waals surface area (Å²) in [5.74, 6) is 0. The van der Waals surface area contributed by atoms with Gasteiger partial charge in [-0.1, -0.05) is 0 Å². The molecule has 60 valence electrons. The SMILES string of the molecule is CC(C)=[N+](C(C)C)C(C)C. The fourth-order valence-corrected chi connectivity index (χ4v) is 1.63. The van der Waals surface area contributed by atoms with Gasteiger partial charge in [0.25, 0.3) is 0 Å². The largest absolute Gasteiger partial charge is 0.233 e. The van der Waals surface area contributed by atoms with Gasteiger partial charge in [0.2, 0.25) is 0 Å². The number of hydrogen-bond acceptors (Lipinski definition) is 0. The Hall–Kier alpha value is -0.330. The third-order valence-corrected chi connectivity index (χ3v) is 1.63. The number of hydrogen-bond donors (Lipinski definition) is 0. The van der Waals surface area contributed by atoms with Crippen LogP contribution in [-0.2, 0) is 0 Å². The van der Waals surface area contributed by atoms with Crippen LogP contribution in [0.2, 0.25) is 0 Å². The van der Waals surface area contributed by atoms with Crippen LogP contribution in [0.5, 0.6) is 0 Å². The summed E-state index contributed by atoms with van der Waals surface area (Å²) in [7, 11) is 0. The van der Waals surface area contributed by atoms with E-state index in [1.807, 2.05) is 0 Å². The number of rotatable bonds is 2. The minimum Gasteiger partial charge on any atom is -0.233 e. The first-order valence-corrected chi connectivity index (χ1v) is 4.05.